The molecule has 30 heavy (non-hydrogen) atoms. The lowest BCUT2D eigenvalue weighted by atomic mass is 10.1. The number of amides is 2. The molecule has 1 aromatic carbocycles. The molecule has 2 amide bonds. The van der Waals surface area contributed by atoms with Crippen molar-refractivity contribution in [3.05, 3.63) is 36.0 Å². The first-order chi connectivity index (χ1) is 14.3. The van der Waals surface area contributed by atoms with Crippen molar-refractivity contribution < 1.29 is 14.4 Å². The van der Waals surface area contributed by atoms with Gasteiger partial charge in [-0.1, -0.05) is 31.0 Å². The van der Waals surface area contributed by atoms with E-state index in [9.17, 15) is 14.4 Å². The first kappa shape index (κ1) is 22.1. The number of carbonyl (C=O) groups excluding carboxylic acids is 3. The van der Waals surface area contributed by atoms with Crippen molar-refractivity contribution in [1.29, 1.82) is 0 Å². The summed E-state index contributed by atoms with van der Waals surface area (Å²) in [6, 6.07) is 7.35. The lowest BCUT2D eigenvalue weighted by molar-refractivity contribution is -0.131. The molecular weight excluding hydrogens is 378 g/mol. The van der Waals surface area contributed by atoms with Crippen LogP contribution in [0.25, 0.3) is 10.9 Å². The van der Waals surface area contributed by atoms with E-state index in [1.54, 1.807) is 11.1 Å². The fourth-order valence-corrected chi connectivity index (χ4v) is 4.42. The average molecular weight is 412 g/mol. The number of rotatable bonds is 6. The van der Waals surface area contributed by atoms with Gasteiger partial charge in [-0.05, 0) is 46.6 Å². The minimum atomic E-state index is -0.519. The minimum absolute atomic E-state index is 0.0639. The maximum Gasteiger partial charge on any atom is 0.295 e. The zero-order chi connectivity index (χ0) is 21.8. The van der Waals surface area contributed by atoms with Crippen LogP contribution >= 0.6 is 0 Å². The van der Waals surface area contributed by atoms with Gasteiger partial charge in [0.15, 0.2) is 0 Å². The van der Waals surface area contributed by atoms with E-state index in [2.05, 4.69) is 0 Å². The standard InChI is InChI=1S/C24H33N3O3/c1-17(2)27(18(3)4)24(30)23(29)20-15-26(21-12-8-7-11-19(20)21)16-22(28)25-13-9-5-6-10-14-25/h7-8,11-12,15,17-18H,5-6,9-10,13-14,16H2,1-4H3. The van der Waals surface area contributed by atoms with E-state index < -0.39 is 11.7 Å². The Labute approximate surface area is 178 Å². The number of para-hydroxylation sites is 1. The van der Waals surface area contributed by atoms with Crippen LogP contribution in [0.15, 0.2) is 30.5 Å². The summed E-state index contributed by atoms with van der Waals surface area (Å²) in [4.78, 5) is 42.6. The van der Waals surface area contributed by atoms with E-state index in [0.717, 1.165) is 31.4 Å². The highest BCUT2D eigenvalue weighted by Gasteiger charge is 2.30. The summed E-state index contributed by atoms with van der Waals surface area (Å²) in [5.41, 5.74) is 1.17. The number of Topliss-reactive ketones (excluding diaryl/α,β-unsaturated/α-hetero) is 1. The molecule has 0 saturated carbocycles. The SMILES string of the molecule is CC(C)N(C(=O)C(=O)c1cn(CC(=O)N2CCCCCC2)c2ccccc12)C(C)C. The van der Waals surface area contributed by atoms with Gasteiger partial charge in [0, 0.05) is 42.3 Å². The molecule has 0 radical (unpaired) electrons. The van der Waals surface area contributed by atoms with Gasteiger partial charge in [-0.3, -0.25) is 14.4 Å². The fraction of sp³-hybridized carbons (Fsp3) is 0.542. The third-order valence-corrected chi connectivity index (χ3v) is 5.84. The van der Waals surface area contributed by atoms with E-state index >= 15 is 0 Å². The van der Waals surface area contributed by atoms with Crippen LogP contribution in [0.5, 0.6) is 0 Å². The van der Waals surface area contributed by atoms with Gasteiger partial charge in [-0.2, -0.15) is 0 Å². The number of fused-ring (bicyclic) bond motifs is 1. The predicted molar refractivity (Wildman–Crippen MR) is 118 cm³/mol. The zero-order valence-corrected chi connectivity index (χ0v) is 18.6. The Morgan fingerprint density at radius 2 is 1.53 bits per heavy atom. The second-order valence-electron chi connectivity index (χ2n) is 8.71. The van der Waals surface area contributed by atoms with Gasteiger partial charge in [0.25, 0.3) is 11.7 Å². The molecule has 2 aromatic rings. The Balaban J connectivity index is 1.91. The second kappa shape index (κ2) is 9.45. The van der Waals surface area contributed by atoms with E-state index in [1.807, 2.05) is 61.4 Å². The van der Waals surface area contributed by atoms with Crippen molar-refractivity contribution in [1.82, 2.24) is 14.4 Å². The van der Waals surface area contributed by atoms with Crippen LogP contribution in [-0.2, 0) is 16.1 Å². The lowest BCUT2D eigenvalue weighted by Crippen LogP contribution is -2.45. The Bertz CT molecular complexity index is 913. The quantitative estimate of drug-likeness (QED) is 0.535. The molecular formula is C24H33N3O3. The molecule has 162 valence electrons. The first-order valence-electron chi connectivity index (χ1n) is 11.0. The van der Waals surface area contributed by atoms with E-state index in [1.165, 1.54) is 12.8 Å². The van der Waals surface area contributed by atoms with Gasteiger partial charge in [0.05, 0.1) is 5.56 Å². The number of nitrogens with zero attached hydrogens (tertiary/aromatic N) is 3. The smallest absolute Gasteiger partial charge is 0.295 e. The van der Waals surface area contributed by atoms with E-state index in [4.69, 9.17) is 0 Å². The maximum atomic E-state index is 13.2. The third-order valence-electron chi connectivity index (χ3n) is 5.84. The molecule has 0 unspecified atom stereocenters. The van der Waals surface area contributed by atoms with Crippen LogP contribution in [0, 0.1) is 0 Å². The Morgan fingerprint density at radius 3 is 2.13 bits per heavy atom. The molecule has 6 nitrogen and oxygen atoms in total. The number of hydrogen-bond donors (Lipinski definition) is 0. The molecule has 0 atom stereocenters. The number of likely N-dealkylation sites (tertiary alicyclic amines) is 1. The molecule has 0 aliphatic carbocycles. The summed E-state index contributed by atoms with van der Waals surface area (Å²) in [5, 5.41) is 0.715. The first-order valence-corrected chi connectivity index (χ1v) is 11.0. The Kier molecular flexibility index (Phi) is 6.95. The van der Waals surface area contributed by atoms with Gasteiger partial charge < -0.3 is 14.4 Å². The maximum absolute atomic E-state index is 13.2. The summed E-state index contributed by atoms with van der Waals surface area (Å²) in [6.07, 6.45) is 6.09. The van der Waals surface area contributed by atoms with Crippen LogP contribution < -0.4 is 0 Å². The minimum Gasteiger partial charge on any atom is -0.341 e. The summed E-state index contributed by atoms with van der Waals surface area (Å²) in [5.74, 6) is -0.953. The second-order valence-corrected chi connectivity index (χ2v) is 8.71. The van der Waals surface area contributed by atoms with E-state index in [-0.39, 0.29) is 24.5 Å². The molecule has 1 aliphatic rings. The predicted octanol–water partition coefficient (Wildman–Crippen LogP) is 3.87. The molecule has 1 fully saturated rings. The van der Waals surface area contributed by atoms with Crippen LogP contribution in [0.4, 0.5) is 0 Å². The number of aromatic nitrogens is 1. The molecule has 1 aliphatic heterocycles. The van der Waals surface area contributed by atoms with Gasteiger partial charge >= 0.3 is 0 Å². The van der Waals surface area contributed by atoms with Gasteiger partial charge in [0.1, 0.15) is 6.54 Å². The molecule has 0 N–H and O–H groups in total. The van der Waals surface area contributed by atoms with Crippen molar-refractivity contribution in [2.45, 2.75) is 72.0 Å². The number of carbonyl (C=O) groups is 3. The topological polar surface area (TPSA) is 62.6 Å². The largest absolute Gasteiger partial charge is 0.341 e. The lowest BCUT2D eigenvalue weighted by Gasteiger charge is -2.29. The highest BCUT2D eigenvalue weighted by molar-refractivity contribution is 6.45. The fourth-order valence-electron chi connectivity index (χ4n) is 4.42. The summed E-state index contributed by atoms with van der Waals surface area (Å²) in [7, 11) is 0. The Morgan fingerprint density at radius 1 is 0.933 bits per heavy atom. The molecule has 0 spiro atoms. The number of hydrogen-bond acceptors (Lipinski definition) is 3. The van der Waals surface area contributed by atoms with Crippen molar-refractivity contribution in [2.75, 3.05) is 13.1 Å². The summed E-state index contributed by atoms with van der Waals surface area (Å²) in [6.45, 7) is 9.41. The van der Waals surface area contributed by atoms with Gasteiger partial charge in [-0.15, -0.1) is 0 Å². The average Bonchev–Trinajstić information content (AvgIpc) is 2.88. The Hall–Kier alpha value is -2.63. The normalized spacial score (nSPS) is 14.9. The monoisotopic (exact) mass is 411 g/mol. The van der Waals surface area contributed by atoms with E-state index in [0.29, 0.717) is 10.9 Å². The third kappa shape index (κ3) is 4.58. The highest BCUT2D eigenvalue weighted by Crippen LogP contribution is 2.24. The molecule has 1 aromatic heterocycles. The van der Waals surface area contributed by atoms with Crippen molar-refractivity contribution >= 4 is 28.5 Å². The molecule has 2 heterocycles. The van der Waals surface area contributed by atoms with Crippen LogP contribution in [0.1, 0.15) is 63.7 Å². The van der Waals surface area contributed by atoms with Crippen molar-refractivity contribution in [3.8, 4) is 0 Å². The van der Waals surface area contributed by atoms with Crippen LogP contribution in [0.2, 0.25) is 0 Å². The number of benzene rings is 1. The van der Waals surface area contributed by atoms with Crippen molar-refractivity contribution in [2.24, 2.45) is 0 Å². The van der Waals surface area contributed by atoms with Gasteiger partial charge in [-0.25, -0.2) is 0 Å². The molecule has 1 saturated heterocycles. The summed E-state index contributed by atoms with van der Waals surface area (Å²) < 4.78 is 1.82. The zero-order valence-electron chi connectivity index (χ0n) is 18.6. The van der Waals surface area contributed by atoms with Gasteiger partial charge in [0.2, 0.25) is 5.91 Å². The highest BCUT2D eigenvalue weighted by atomic mass is 16.2. The molecule has 6 heteroatoms. The molecule has 0 bridgehead atoms. The summed E-state index contributed by atoms with van der Waals surface area (Å²) >= 11 is 0. The van der Waals surface area contributed by atoms with Crippen LogP contribution in [0.3, 0.4) is 0 Å². The van der Waals surface area contributed by atoms with Crippen molar-refractivity contribution in [3.63, 3.8) is 0 Å². The molecule has 3 rings (SSSR count). The number of ketones is 1. The van der Waals surface area contributed by atoms with Crippen LogP contribution in [-0.4, -0.2) is 57.1 Å².